The van der Waals surface area contributed by atoms with Gasteiger partial charge in [-0.15, -0.1) is 17.8 Å². The van der Waals surface area contributed by atoms with Crippen molar-refractivity contribution in [3.05, 3.63) is 11.4 Å². The van der Waals surface area contributed by atoms with Gasteiger partial charge >= 0.3 is 0 Å². The second-order valence-electron chi connectivity index (χ2n) is 3.45. The Morgan fingerprint density at radius 3 is 3.12 bits per heavy atom. The summed E-state index contributed by atoms with van der Waals surface area (Å²) in [6.07, 6.45) is 5.00. The van der Waals surface area contributed by atoms with Crippen molar-refractivity contribution in [2.75, 3.05) is 11.9 Å². The number of thiophene rings is 1. The minimum atomic E-state index is -0.303. The Labute approximate surface area is 104 Å². The lowest BCUT2D eigenvalue weighted by Crippen LogP contribution is -2.11. The number of hydrogen-bond acceptors (Lipinski definition) is 5. The Bertz CT molecular complexity index is 558. The van der Waals surface area contributed by atoms with Gasteiger partial charge in [-0.05, 0) is 25.3 Å². The number of terminal acetylenes is 1. The molecule has 1 atom stereocenters. The molecule has 0 aliphatic heterocycles. The number of anilines is 1. The molecule has 0 amide bonds. The molecule has 4 nitrogen and oxygen atoms in total. The van der Waals surface area contributed by atoms with Crippen LogP contribution in [0.5, 0.6) is 5.88 Å². The summed E-state index contributed by atoms with van der Waals surface area (Å²) in [5.74, 6) is 3.63. The van der Waals surface area contributed by atoms with Crippen molar-refractivity contribution in [1.82, 2.24) is 9.97 Å². The predicted octanol–water partition coefficient (Wildman–Crippen LogP) is 2.52. The molecule has 2 aromatic heterocycles. The van der Waals surface area contributed by atoms with Crippen LogP contribution in [-0.2, 0) is 0 Å². The Kier molecular flexibility index (Phi) is 3.45. The Morgan fingerprint density at radius 1 is 1.59 bits per heavy atom. The van der Waals surface area contributed by atoms with E-state index >= 15 is 0 Å². The van der Waals surface area contributed by atoms with Gasteiger partial charge in [0.05, 0.1) is 5.39 Å². The van der Waals surface area contributed by atoms with Crippen LogP contribution in [0.25, 0.3) is 10.2 Å². The van der Waals surface area contributed by atoms with E-state index in [1.54, 1.807) is 11.3 Å². The molecule has 17 heavy (non-hydrogen) atoms. The van der Waals surface area contributed by atoms with Crippen LogP contribution in [0.15, 0.2) is 11.4 Å². The third kappa shape index (κ3) is 2.48. The van der Waals surface area contributed by atoms with E-state index in [-0.39, 0.29) is 6.10 Å². The van der Waals surface area contributed by atoms with Crippen LogP contribution in [-0.4, -0.2) is 22.6 Å². The van der Waals surface area contributed by atoms with Gasteiger partial charge in [0, 0.05) is 6.54 Å². The number of rotatable bonds is 4. The molecule has 2 heterocycles. The maximum atomic E-state index is 5.60. The van der Waals surface area contributed by atoms with E-state index in [9.17, 15) is 0 Å². The Morgan fingerprint density at radius 2 is 2.41 bits per heavy atom. The van der Waals surface area contributed by atoms with Crippen molar-refractivity contribution in [2.24, 2.45) is 0 Å². The molecule has 5 heteroatoms. The van der Waals surface area contributed by atoms with E-state index in [0.717, 1.165) is 16.8 Å². The van der Waals surface area contributed by atoms with Crippen LogP contribution in [0, 0.1) is 12.3 Å². The number of nitrogens with zero attached hydrogens (tertiary/aromatic N) is 2. The van der Waals surface area contributed by atoms with E-state index in [2.05, 4.69) is 21.2 Å². The smallest absolute Gasteiger partial charge is 0.228 e. The number of hydrogen-bond donors (Lipinski definition) is 1. The summed E-state index contributed by atoms with van der Waals surface area (Å²) in [5.41, 5.74) is 0. The largest absolute Gasteiger partial charge is 0.461 e. The molecule has 0 aromatic carbocycles. The van der Waals surface area contributed by atoms with Gasteiger partial charge in [-0.1, -0.05) is 5.92 Å². The first kappa shape index (κ1) is 11.7. The van der Waals surface area contributed by atoms with Gasteiger partial charge in [0.15, 0.2) is 6.10 Å². The summed E-state index contributed by atoms with van der Waals surface area (Å²) in [7, 11) is 0. The van der Waals surface area contributed by atoms with Gasteiger partial charge < -0.3 is 10.1 Å². The number of fused-ring (bicyclic) bond motifs is 1. The number of nitrogens with one attached hydrogen (secondary N) is 1. The third-order valence-electron chi connectivity index (χ3n) is 2.15. The summed E-state index contributed by atoms with van der Waals surface area (Å²) in [6, 6.07) is 1.94. The molecule has 0 spiro atoms. The van der Waals surface area contributed by atoms with Gasteiger partial charge in [-0.2, -0.15) is 4.98 Å². The second-order valence-corrected chi connectivity index (χ2v) is 4.34. The maximum absolute atomic E-state index is 5.60. The highest BCUT2D eigenvalue weighted by Crippen LogP contribution is 2.28. The third-order valence-corrected chi connectivity index (χ3v) is 2.95. The van der Waals surface area contributed by atoms with Crippen molar-refractivity contribution in [1.29, 1.82) is 0 Å². The van der Waals surface area contributed by atoms with Crippen LogP contribution in [0.2, 0.25) is 0 Å². The first-order chi connectivity index (χ1) is 8.24. The summed E-state index contributed by atoms with van der Waals surface area (Å²) in [6.45, 7) is 4.57. The van der Waals surface area contributed by atoms with Crippen molar-refractivity contribution in [3.63, 3.8) is 0 Å². The second kappa shape index (κ2) is 5.02. The van der Waals surface area contributed by atoms with Gasteiger partial charge in [-0.25, -0.2) is 4.98 Å². The SMILES string of the molecule is C#CC(C)Oc1nc(NCC)nc2sccc12. The lowest BCUT2D eigenvalue weighted by Gasteiger charge is -2.10. The molecule has 0 fully saturated rings. The number of ether oxygens (including phenoxy) is 1. The quantitative estimate of drug-likeness (QED) is 0.843. The van der Waals surface area contributed by atoms with Gasteiger partial charge in [0.2, 0.25) is 11.8 Å². The molecule has 0 aliphatic rings. The minimum Gasteiger partial charge on any atom is -0.461 e. The van der Waals surface area contributed by atoms with Crippen LogP contribution in [0.3, 0.4) is 0 Å². The molecular weight excluding hydrogens is 234 g/mol. The average Bonchev–Trinajstić information content (AvgIpc) is 2.77. The van der Waals surface area contributed by atoms with Crippen LogP contribution >= 0.6 is 11.3 Å². The van der Waals surface area contributed by atoms with E-state index in [1.807, 2.05) is 25.3 Å². The van der Waals surface area contributed by atoms with E-state index in [1.165, 1.54) is 0 Å². The van der Waals surface area contributed by atoms with Gasteiger partial charge in [0.1, 0.15) is 4.83 Å². The summed E-state index contributed by atoms with van der Waals surface area (Å²) >= 11 is 1.55. The molecule has 88 valence electrons. The summed E-state index contributed by atoms with van der Waals surface area (Å²) < 4.78 is 5.60. The molecule has 0 radical (unpaired) electrons. The van der Waals surface area contributed by atoms with E-state index in [0.29, 0.717) is 11.8 Å². The summed E-state index contributed by atoms with van der Waals surface area (Å²) in [5, 5.41) is 5.94. The lowest BCUT2D eigenvalue weighted by atomic mass is 10.4. The van der Waals surface area contributed by atoms with Crippen molar-refractivity contribution in [3.8, 4) is 18.2 Å². The Hall–Kier alpha value is -1.80. The monoisotopic (exact) mass is 247 g/mol. The zero-order valence-electron chi connectivity index (χ0n) is 9.73. The molecule has 2 rings (SSSR count). The molecule has 1 N–H and O–H groups in total. The minimum absolute atomic E-state index is 0.303. The van der Waals surface area contributed by atoms with Crippen LogP contribution in [0.1, 0.15) is 13.8 Å². The van der Waals surface area contributed by atoms with Crippen LogP contribution in [0.4, 0.5) is 5.95 Å². The molecule has 0 aliphatic carbocycles. The molecule has 0 saturated heterocycles. The topological polar surface area (TPSA) is 47.0 Å². The van der Waals surface area contributed by atoms with Gasteiger partial charge in [-0.3, -0.25) is 0 Å². The highest BCUT2D eigenvalue weighted by atomic mass is 32.1. The maximum Gasteiger partial charge on any atom is 0.228 e. The highest BCUT2D eigenvalue weighted by molar-refractivity contribution is 7.16. The average molecular weight is 247 g/mol. The normalized spacial score (nSPS) is 12.1. The van der Waals surface area contributed by atoms with Crippen molar-refractivity contribution >= 4 is 27.5 Å². The fourth-order valence-electron chi connectivity index (χ4n) is 1.36. The van der Waals surface area contributed by atoms with Gasteiger partial charge in [0.25, 0.3) is 0 Å². The predicted molar refractivity (Wildman–Crippen MR) is 70.5 cm³/mol. The number of aromatic nitrogens is 2. The zero-order valence-corrected chi connectivity index (χ0v) is 10.5. The molecular formula is C12H13N3OS. The molecule has 1 unspecified atom stereocenters. The fraction of sp³-hybridized carbons (Fsp3) is 0.333. The molecule has 2 aromatic rings. The molecule has 0 bridgehead atoms. The van der Waals surface area contributed by atoms with Crippen LogP contribution < -0.4 is 10.1 Å². The first-order valence-corrected chi connectivity index (χ1v) is 6.24. The lowest BCUT2D eigenvalue weighted by molar-refractivity contribution is 0.272. The Balaban J connectivity index is 2.43. The summed E-state index contributed by atoms with van der Waals surface area (Å²) in [4.78, 5) is 9.60. The fourth-order valence-corrected chi connectivity index (χ4v) is 2.11. The van der Waals surface area contributed by atoms with Crippen molar-refractivity contribution in [2.45, 2.75) is 20.0 Å². The standard InChI is InChI=1S/C12H13N3OS/c1-4-8(3)16-10-9-6-7-17-11(9)15-12(14-10)13-5-2/h1,6-8H,5H2,2-3H3,(H,13,14,15). The molecule has 0 saturated carbocycles. The van der Waals surface area contributed by atoms with E-state index in [4.69, 9.17) is 11.2 Å². The first-order valence-electron chi connectivity index (χ1n) is 5.36. The zero-order chi connectivity index (χ0) is 12.3. The van der Waals surface area contributed by atoms with Crippen molar-refractivity contribution < 1.29 is 4.74 Å². The highest BCUT2D eigenvalue weighted by Gasteiger charge is 2.11. The van der Waals surface area contributed by atoms with E-state index < -0.39 is 0 Å².